The topological polar surface area (TPSA) is 133 Å². The van der Waals surface area contributed by atoms with E-state index >= 15 is 0 Å². The van der Waals surface area contributed by atoms with E-state index < -0.39 is 54.6 Å². The highest BCUT2D eigenvalue weighted by atomic mass is 16.8. The maximum atomic E-state index is 13.6. The van der Waals surface area contributed by atoms with Gasteiger partial charge >= 0.3 is 5.97 Å². The first-order chi connectivity index (χ1) is 29.2. The van der Waals surface area contributed by atoms with Crippen LogP contribution in [0.1, 0.15) is 205 Å². The summed E-state index contributed by atoms with van der Waals surface area (Å²) in [5.74, 6) is -1.63. The number of fused-ring (bicyclic) bond motifs is 1. The number of hydrogen-bond acceptors (Lipinski definition) is 9. The van der Waals surface area contributed by atoms with E-state index in [0.717, 1.165) is 38.5 Å². The number of hydrogen-bond donors (Lipinski definition) is 3. The molecule has 2 fully saturated rings. The highest BCUT2D eigenvalue weighted by Crippen LogP contribution is 2.37. The normalized spacial score (nSPS) is 22.1. The summed E-state index contributed by atoms with van der Waals surface area (Å²) in [5.41, 5.74) is 0.406. The molecule has 1 aromatic rings. The van der Waals surface area contributed by atoms with Crippen LogP contribution in [0.2, 0.25) is 0 Å². The molecule has 0 aliphatic carbocycles. The second-order valence-electron chi connectivity index (χ2n) is 17.8. The second kappa shape index (κ2) is 31.5. The Morgan fingerprint density at radius 1 is 0.733 bits per heavy atom. The Hall–Kier alpha value is -2.34. The molecule has 2 heterocycles. The Kier molecular flexibility index (Phi) is 27.3. The van der Waals surface area contributed by atoms with Crippen molar-refractivity contribution < 1.29 is 43.5 Å². The summed E-state index contributed by atoms with van der Waals surface area (Å²) in [5, 5.41) is 24.6. The van der Waals surface area contributed by atoms with E-state index in [-0.39, 0.29) is 19.1 Å². The summed E-state index contributed by atoms with van der Waals surface area (Å²) in [7, 11) is 0. The average Bonchev–Trinajstić information content (AvgIpc) is 3.58. The SMILES string of the molecule is CCCCCCCCCCCCC/C=C/[C@@H](OC(=O)c1ccccc1)[C@H](CO[C@@H]1O[C@H](CO)[C@@H]2OC(C)(C)O[C@@H]2[C@H]1O)NC(=O)CCCCCCCCCCCCCCC. The van der Waals surface area contributed by atoms with Gasteiger partial charge in [-0.1, -0.05) is 179 Å². The number of rotatable bonds is 35. The van der Waals surface area contributed by atoms with E-state index in [1.165, 1.54) is 122 Å². The summed E-state index contributed by atoms with van der Waals surface area (Å²) in [6, 6.07) is 8.04. The first kappa shape index (κ1) is 52.0. The van der Waals surface area contributed by atoms with Crippen LogP contribution in [0, 0.1) is 0 Å². The van der Waals surface area contributed by atoms with Crippen LogP contribution in [0.3, 0.4) is 0 Å². The predicted octanol–water partition coefficient (Wildman–Crippen LogP) is 11.1. The fraction of sp³-hybridized carbons (Fsp3) is 0.800. The molecule has 0 saturated carbocycles. The highest BCUT2D eigenvalue weighted by molar-refractivity contribution is 5.89. The smallest absolute Gasteiger partial charge is 0.338 e. The number of aliphatic hydroxyl groups is 2. The van der Waals surface area contributed by atoms with Crippen molar-refractivity contribution in [3.8, 4) is 0 Å². The van der Waals surface area contributed by atoms with Crippen LogP contribution in [-0.2, 0) is 28.5 Å². The van der Waals surface area contributed by atoms with Gasteiger partial charge in [0.05, 0.1) is 24.8 Å². The predicted molar refractivity (Wildman–Crippen MR) is 240 cm³/mol. The zero-order chi connectivity index (χ0) is 43.3. The summed E-state index contributed by atoms with van der Waals surface area (Å²) >= 11 is 0. The largest absolute Gasteiger partial charge is 0.452 e. The van der Waals surface area contributed by atoms with E-state index in [1.807, 2.05) is 18.2 Å². The molecular weight excluding hydrogens is 759 g/mol. The minimum Gasteiger partial charge on any atom is -0.452 e. The molecular formula is C50H85NO9. The number of aliphatic hydroxyl groups excluding tert-OH is 2. The van der Waals surface area contributed by atoms with Gasteiger partial charge in [0.2, 0.25) is 5.91 Å². The van der Waals surface area contributed by atoms with Gasteiger partial charge in [0.15, 0.2) is 12.1 Å². The van der Waals surface area contributed by atoms with Gasteiger partial charge in [-0.15, -0.1) is 0 Å². The van der Waals surface area contributed by atoms with Gasteiger partial charge in [-0.3, -0.25) is 4.79 Å². The standard InChI is InChI=1S/C50H85NO9/c1-5-7-9-11-13-15-17-19-21-23-25-27-32-36-42(57-48(55)40-34-30-29-31-35-40)41(39-56-49-45(54)47-46(43(38-52)58-49)59-50(3,4)60-47)51-44(53)37-33-28-26-24-22-20-18-16-14-12-10-8-6-2/h29-32,34-36,41-43,45-47,49,52,54H,5-28,33,37-39H2,1-4H3,(H,51,53)/b36-32+/t41-,42+,43+,45+,46-,47+,49+/m0/s1. The first-order valence-electron chi connectivity index (χ1n) is 24.3. The van der Waals surface area contributed by atoms with E-state index in [0.29, 0.717) is 12.0 Å². The fourth-order valence-corrected chi connectivity index (χ4v) is 8.32. The number of unbranched alkanes of at least 4 members (excludes halogenated alkanes) is 23. The third kappa shape index (κ3) is 21.2. The third-order valence-corrected chi connectivity index (χ3v) is 11.9. The Balaban J connectivity index is 1.60. The van der Waals surface area contributed by atoms with Crippen molar-refractivity contribution in [2.45, 2.75) is 243 Å². The van der Waals surface area contributed by atoms with Crippen molar-refractivity contribution in [2.75, 3.05) is 13.2 Å². The van der Waals surface area contributed by atoms with E-state index in [2.05, 4.69) is 19.2 Å². The van der Waals surface area contributed by atoms with Gasteiger partial charge in [0.25, 0.3) is 0 Å². The van der Waals surface area contributed by atoms with Crippen LogP contribution < -0.4 is 5.32 Å². The molecule has 0 bridgehead atoms. The highest BCUT2D eigenvalue weighted by Gasteiger charge is 2.55. The lowest BCUT2D eigenvalue weighted by Gasteiger charge is -2.39. The Labute approximate surface area is 364 Å². The van der Waals surface area contributed by atoms with Gasteiger partial charge in [-0.2, -0.15) is 0 Å². The van der Waals surface area contributed by atoms with Crippen LogP contribution >= 0.6 is 0 Å². The summed E-state index contributed by atoms with van der Waals surface area (Å²) in [6.07, 6.45) is 29.3. The Morgan fingerprint density at radius 3 is 1.77 bits per heavy atom. The third-order valence-electron chi connectivity index (χ3n) is 11.9. The monoisotopic (exact) mass is 844 g/mol. The molecule has 3 rings (SSSR count). The molecule has 60 heavy (non-hydrogen) atoms. The van der Waals surface area contributed by atoms with Crippen molar-refractivity contribution in [3.05, 3.63) is 48.0 Å². The lowest BCUT2D eigenvalue weighted by atomic mass is 9.99. The number of esters is 1. The van der Waals surface area contributed by atoms with E-state index in [9.17, 15) is 19.8 Å². The van der Waals surface area contributed by atoms with Gasteiger partial charge < -0.3 is 39.2 Å². The second-order valence-corrected chi connectivity index (χ2v) is 17.8. The molecule has 2 saturated heterocycles. The molecule has 0 spiro atoms. The van der Waals surface area contributed by atoms with E-state index in [4.69, 9.17) is 23.7 Å². The lowest BCUT2D eigenvalue weighted by molar-refractivity contribution is -0.284. The Morgan fingerprint density at radius 2 is 1.23 bits per heavy atom. The molecule has 344 valence electrons. The summed E-state index contributed by atoms with van der Waals surface area (Å²) in [6.45, 7) is 7.53. The van der Waals surface area contributed by atoms with Gasteiger partial charge in [-0.25, -0.2) is 4.79 Å². The van der Waals surface area contributed by atoms with Gasteiger partial charge in [0.1, 0.15) is 30.5 Å². The van der Waals surface area contributed by atoms with Gasteiger partial charge in [-0.05, 0) is 51.3 Å². The van der Waals surface area contributed by atoms with Crippen LogP contribution in [-0.4, -0.2) is 83.9 Å². The van der Waals surface area contributed by atoms with E-state index in [1.54, 1.807) is 38.1 Å². The van der Waals surface area contributed by atoms with Crippen molar-refractivity contribution in [2.24, 2.45) is 0 Å². The summed E-state index contributed by atoms with van der Waals surface area (Å²) < 4.78 is 30.3. The quantitative estimate of drug-likeness (QED) is 0.0347. The molecule has 1 amide bonds. The van der Waals surface area contributed by atoms with Crippen LogP contribution in [0.5, 0.6) is 0 Å². The van der Waals surface area contributed by atoms with Crippen molar-refractivity contribution >= 4 is 11.9 Å². The molecule has 3 N–H and O–H groups in total. The lowest BCUT2D eigenvalue weighted by Crippen LogP contribution is -2.59. The summed E-state index contributed by atoms with van der Waals surface area (Å²) in [4.78, 5) is 27.0. The number of amides is 1. The molecule has 0 aromatic heterocycles. The average molecular weight is 844 g/mol. The van der Waals surface area contributed by atoms with Crippen molar-refractivity contribution in [3.63, 3.8) is 0 Å². The number of allylic oxidation sites excluding steroid dienone is 1. The number of carbonyl (C=O) groups excluding carboxylic acids is 2. The molecule has 7 atom stereocenters. The minimum atomic E-state index is -1.22. The van der Waals surface area contributed by atoms with Gasteiger partial charge in [0, 0.05) is 6.42 Å². The zero-order valence-corrected chi connectivity index (χ0v) is 38.1. The Bertz CT molecular complexity index is 1280. The molecule has 10 nitrogen and oxygen atoms in total. The fourth-order valence-electron chi connectivity index (χ4n) is 8.32. The number of benzene rings is 1. The maximum Gasteiger partial charge on any atom is 0.338 e. The molecule has 2 aliphatic heterocycles. The zero-order valence-electron chi connectivity index (χ0n) is 38.1. The molecule has 0 radical (unpaired) electrons. The van der Waals surface area contributed by atoms with Crippen LogP contribution in [0.25, 0.3) is 0 Å². The number of carbonyl (C=O) groups is 2. The minimum absolute atomic E-state index is 0.124. The van der Waals surface area contributed by atoms with Crippen molar-refractivity contribution in [1.82, 2.24) is 5.32 Å². The number of ether oxygens (including phenoxy) is 5. The van der Waals surface area contributed by atoms with Crippen LogP contribution in [0.4, 0.5) is 0 Å². The maximum absolute atomic E-state index is 13.6. The van der Waals surface area contributed by atoms with Crippen LogP contribution in [0.15, 0.2) is 42.5 Å². The molecule has 2 aliphatic rings. The first-order valence-corrected chi connectivity index (χ1v) is 24.3. The molecule has 1 aromatic carbocycles. The van der Waals surface area contributed by atoms with Crippen molar-refractivity contribution in [1.29, 1.82) is 0 Å². The number of nitrogens with one attached hydrogen (secondary N) is 1. The molecule has 10 heteroatoms. The molecule has 0 unspecified atom stereocenters.